The van der Waals surface area contributed by atoms with Gasteiger partial charge in [-0.2, -0.15) is 0 Å². The molecule has 0 aliphatic rings. The summed E-state index contributed by atoms with van der Waals surface area (Å²) >= 11 is 0. The molecule has 0 fully saturated rings. The topological polar surface area (TPSA) is 29.1 Å². The van der Waals surface area contributed by atoms with Crippen molar-refractivity contribution in [2.75, 3.05) is 23.6 Å². The molecule has 1 amide bonds. The molecule has 0 bridgehead atoms. The molecule has 15 heavy (non-hydrogen) atoms. The minimum absolute atomic E-state index is 0. The van der Waals surface area contributed by atoms with E-state index in [2.05, 4.69) is 5.32 Å². The molecule has 84 valence electrons. The molecule has 0 radical (unpaired) electrons. The summed E-state index contributed by atoms with van der Waals surface area (Å²) in [7, 11) is 0.0902. The van der Waals surface area contributed by atoms with E-state index in [0.717, 1.165) is 0 Å². The molecule has 1 rings (SSSR count). The summed E-state index contributed by atoms with van der Waals surface area (Å²) in [5.74, 6) is 0.191. The van der Waals surface area contributed by atoms with E-state index >= 15 is 0 Å². The van der Waals surface area contributed by atoms with Crippen LogP contribution in [0.25, 0.3) is 0 Å². The van der Waals surface area contributed by atoms with Gasteiger partial charge in [0.25, 0.3) is 5.91 Å². The predicted octanol–water partition coefficient (Wildman–Crippen LogP) is -1.35. The molecule has 0 unspecified atom stereocenters. The number of carbonyl (C=O) groups is 1. The van der Waals surface area contributed by atoms with Gasteiger partial charge >= 0.3 is 0 Å². The zero-order valence-electron chi connectivity index (χ0n) is 8.59. The summed E-state index contributed by atoms with van der Waals surface area (Å²) in [6.45, 7) is 0. The maximum Gasteiger partial charge on any atom is 0.274 e. The SMILES string of the molecule is C[S+](C)CC(=O)Nc1ccc(F)cc1.[Br-]. The third-order valence-corrected chi connectivity index (χ3v) is 2.39. The standard InChI is InChI=1S/C10H12FNOS.BrH/c1-14(2)7-10(13)12-9-5-3-8(11)4-6-9;/h3-6H,7H2,1-2H3;1H. The molecule has 1 N–H and O–H groups in total. The Morgan fingerprint density at radius 3 is 2.33 bits per heavy atom. The molecule has 0 atom stereocenters. The number of nitrogens with one attached hydrogen (secondary N) is 1. The lowest BCUT2D eigenvalue weighted by Crippen LogP contribution is -3.00. The van der Waals surface area contributed by atoms with Crippen LogP contribution in [0, 0.1) is 5.82 Å². The van der Waals surface area contributed by atoms with Crippen LogP contribution >= 0.6 is 0 Å². The number of hydrogen-bond donors (Lipinski definition) is 1. The molecule has 1 aromatic carbocycles. The fourth-order valence-electron chi connectivity index (χ4n) is 0.992. The third-order valence-electron chi connectivity index (χ3n) is 1.55. The van der Waals surface area contributed by atoms with E-state index in [-0.39, 0.29) is 39.6 Å². The van der Waals surface area contributed by atoms with Crippen LogP contribution in [0.2, 0.25) is 0 Å². The molecule has 0 aliphatic carbocycles. The lowest BCUT2D eigenvalue weighted by Gasteiger charge is -2.02. The van der Waals surface area contributed by atoms with Crippen LogP contribution in [0.1, 0.15) is 0 Å². The van der Waals surface area contributed by atoms with Crippen LogP contribution < -0.4 is 22.3 Å². The lowest BCUT2D eigenvalue weighted by atomic mass is 10.3. The summed E-state index contributed by atoms with van der Waals surface area (Å²) in [4.78, 5) is 11.3. The summed E-state index contributed by atoms with van der Waals surface area (Å²) in [6, 6.07) is 5.76. The Morgan fingerprint density at radius 1 is 1.33 bits per heavy atom. The Hall–Kier alpha value is -0.550. The van der Waals surface area contributed by atoms with E-state index in [1.165, 1.54) is 12.1 Å². The maximum absolute atomic E-state index is 12.5. The van der Waals surface area contributed by atoms with E-state index in [9.17, 15) is 9.18 Å². The molecule has 0 aliphatic heterocycles. The molecule has 0 heterocycles. The summed E-state index contributed by atoms with van der Waals surface area (Å²) < 4.78 is 12.5. The minimum atomic E-state index is -0.297. The van der Waals surface area contributed by atoms with Crippen molar-refractivity contribution in [1.82, 2.24) is 0 Å². The van der Waals surface area contributed by atoms with Crippen molar-refractivity contribution in [3.8, 4) is 0 Å². The average Bonchev–Trinajstić information content (AvgIpc) is 2.07. The van der Waals surface area contributed by atoms with E-state index in [1.54, 1.807) is 12.1 Å². The number of hydrogen-bond acceptors (Lipinski definition) is 1. The monoisotopic (exact) mass is 293 g/mol. The molecule has 5 heteroatoms. The van der Waals surface area contributed by atoms with Gasteiger partial charge in [-0.05, 0) is 35.2 Å². The second-order valence-electron chi connectivity index (χ2n) is 3.19. The van der Waals surface area contributed by atoms with Crippen LogP contribution in [0.4, 0.5) is 10.1 Å². The first-order valence-corrected chi connectivity index (χ1v) is 6.38. The van der Waals surface area contributed by atoms with Gasteiger partial charge in [-0.1, -0.05) is 0 Å². The highest BCUT2D eigenvalue weighted by Crippen LogP contribution is 2.07. The highest BCUT2D eigenvalue weighted by atomic mass is 79.9. The highest BCUT2D eigenvalue weighted by molar-refractivity contribution is 7.96. The Morgan fingerprint density at radius 2 is 1.87 bits per heavy atom. The van der Waals surface area contributed by atoms with Gasteiger partial charge < -0.3 is 22.3 Å². The number of amides is 1. The van der Waals surface area contributed by atoms with Gasteiger partial charge in [-0.3, -0.25) is 4.79 Å². The Bertz CT molecular complexity index is 316. The van der Waals surface area contributed by atoms with Gasteiger partial charge in [0.15, 0.2) is 5.75 Å². The van der Waals surface area contributed by atoms with Crippen molar-refractivity contribution >= 4 is 22.5 Å². The van der Waals surface area contributed by atoms with Crippen molar-refractivity contribution in [3.63, 3.8) is 0 Å². The van der Waals surface area contributed by atoms with Gasteiger partial charge in [0.05, 0.1) is 12.5 Å². The Labute approximate surface area is 102 Å². The van der Waals surface area contributed by atoms with Crippen LogP contribution in [0.5, 0.6) is 0 Å². The molecule has 2 nitrogen and oxygen atoms in total. The van der Waals surface area contributed by atoms with E-state index < -0.39 is 0 Å². The minimum Gasteiger partial charge on any atom is -1.00 e. The number of anilines is 1. The number of carbonyl (C=O) groups excluding carboxylic acids is 1. The first kappa shape index (κ1) is 14.5. The maximum atomic E-state index is 12.5. The second kappa shape index (κ2) is 6.85. The van der Waals surface area contributed by atoms with Gasteiger partial charge in [-0.25, -0.2) is 4.39 Å². The summed E-state index contributed by atoms with van der Waals surface area (Å²) in [5.41, 5.74) is 0.641. The van der Waals surface area contributed by atoms with Crippen molar-refractivity contribution < 1.29 is 26.2 Å². The van der Waals surface area contributed by atoms with E-state index in [0.29, 0.717) is 11.4 Å². The largest absolute Gasteiger partial charge is 1.00 e. The van der Waals surface area contributed by atoms with Crippen molar-refractivity contribution in [2.24, 2.45) is 0 Å². The zero-order chi connectivity index (χ0) is 10.6. The Kier molecular flexibility index (Phi) is 6.60. The number of benzene rings is 1. The smallest absolute Gasteiger partial charge is 0.274 e. The molecular formula is C10H13BrFNOS. The molecular weight excluding hydrogens is 281 g/mol. The van der Waals surface area contributed by atoms with Gasteiger partial charge in [-0.15, -0.1) is 0 Å². The Balaban J connectivity index is 0.00000196. The zero-order valence-corrected chi connectivity index (χ0v) is 11.0. The van der Waals surface area contributed by atoms with Crippen LogP contribution in [-0.4, -0.2) is 24.2 Å². The molecule has 0 saturated heterocycles. The first-order valence-electron chi connectivity index (χ1n) is 4.17. The third kappa shape index (κ3) is 5.79. The lowest BCUT2D eigenvalue weighted by molar-refractivity contribution is -0.113. The van der Waals surface area contributed by atoms with Gasteiger partial charge in [0, 0.05) is 5.69 Å². The molecule has 0 spiro atoms. The summed E-state index contributed by atoms with van der Waals surface area (Å²) in [5, 5.41) is 2.70. The van der Waals surface area contributed by atoms with E-state index in [4.69, 9.17) is 0 Å². The van der Waals surface area contributed by atoms with Crippen molar-refractivity contribution in [1.29, 1.82) is 0 Å². The summed E-state index contributed by atoms with van der Waals surface area (Å²) in [6.07, 6.45) is 4.01. The van der Waals surface area contributed by atoms with E-state index in [1.807, 2.05) is 12.5 Å². The van der Waals surface area contributed by atoms with Crippen LogP contribution in [-0.2, 0) is 15.7 Å². The van der Waals surface area contributed by atoms with Crippen LogP contribution in [0.15, 0.2) is 24.3 Å². The van der Waals surface area contributed by atoms with Gasteiger partial charge in [0.1, 0.15) is 5.82 Å². The average molecular weight is 294 g/mol. The molecule has 0 aromatic heterocycles. The predicted molar refractivity (Wildman–Crippen MR) is 59.1 cm³/mol. The van der Waals surface area contributed by atoms with Gasteiger partial charge in [0.2, 0.25) is 0 Å². The quantitative estimate of drug-likeness (QED) is 0.686. The number of rotatable bonds is 3. The number of halogens is 2. The fraction of sp³-hybridized carbons (Fsp3) is 0.300. The second-order valence-corrected chi connectivity index (χ2v) is 5.44. The normalized spacial score (nSPS) is 9.60. The molecule has 1 aromatic rings. The van der Waals surface area contributed by atoms with Crippen LogP contribution in [0.3, 0.4) is 0 Å². The van der Waals surface area contributed by atoms with Crippen molar-refractivity contribution in [3.05, 3.63) is 30.1 Å². The first-order chi connectivity index (χ1) is 6.58. The fourth-order valence-corrected chi connectivity index (χ4v) is 1.59. The molecule has 0 saturated carbocycles. The highest BCUT2D eigenvalue weighted by Gasteiger charge is 2.10. The van der Waals surface area contributed by atoms with Crippen molar-refractivity contribution in [2.45, 2.75) is 0 Å².